The normalized spacial score (nSPS) is 14.6. The Hall–Kier alpha value is -2.89. The van der Waals surface area contributed by atoms with Gasteiger partial charge in [-0.2, -0.15) is 0 Å². The van der Waals surface area contributed by atoms with E-state index in [4.69, 9.17) is 9.84 Å². The number of hydrogen-bond acceptors (Lipinski definition) is 4. The smallest absolute Gasteiger partial charge is 0.337 e. The highest BCUT2D eigenvalue weighted by molar-refractivity contribution is 5.94. The van der Waals surface area contributed by atoms with Crippen molar-refractivity contribution in [2.45, 2.75) is 39.5 Å². The zero-order valence-electron chi connectivity index (χ0n) is 17.1. The van der Waals surface area contributed by atoms with Crippen LogP contribution in [0.2, 0.25) is 0 Å². The van der Waals surface area contributed by atoms with E-state index in [9.17, 15) is 9.59 Å². The summed E-state index contributed by atoms with van der Waals surface area (Å²) in [6.45, 7) is 5.71. The third kappa shape index (κ3) is 5.34. The number of carbonyl (C=O) groups is 2. The molecule has 1 aromatic carbocycles. The average Bonchev–Trinajstić information content (AvgIpc) is 2.73. The van der Waals surface area contributed by atoms with Gasteiger partial charge in [-0.25, -0.2) is 9.78 Å². The fourth-order valence-electron chi connectivity index (χ4n) is 3.78. The van der Waals surface area contributed by atoms with E-state index < -0.39 is 5.97 Å². The number of hydrogen-bond donors (Lipinski definition) is 1. The summed E-state index contributed by atoms with van der Waals surface area (Å²) in [5.41, 5.74) is 2.13. The SMILES string of the molecule is CCOc1ccc(CCC2CCN(C(=O)c3ccc(C(=O)O)c(C)n3)CC2)cc1. The van der Waals surface area contributed by atoms with Gasteiger partial charge in [0.05, 0.1) is 17.9 Å². The van der Waals surface area contributed by atoms with E-state index in [0.717, 1.165) is 31.4 Å². The molecule has 154 valence electrons. The molecule has 1 N–H and O–H groups in total. The number of amides is 1. The second-order valence-corrected chi connectivity index (χ2v) is 7.49. The summed E-state index contributed by atoms with van der Waals surface area (Å²) >= 11 is 0. The zero-order chi connectivity index (χ0) is 20.8. The standard InChI is InChI=1S/C23H28N2O4/c1-3-29-19-8-6-17(7-9-19)4-5-18-12-14-25(15-13-18)22(26)21-11-10-20(23(27)28)16(2)24-21/h6-11,18H,3-5,12-15H2,1-2H3,(H,27,28). The lowest BCUT2D eigenvalue weighted by Crippen LogP contribution is -2.39. The summed E-state index contributed by atoms with van der Waals surface area (Å²) in [6, 6.07) is 11.3. The van der Waals surface area contributed by atoms with Crippen molar-refractivity contribution in [2.24, 2.45) is 5.92 Å². The number of pyridine rings is 1. The Morgan fingerprint density at radius 1 is 1.14 bits per heavy atom. The molecule has 1 aliphatic rings. The lowest BCUT2D eigenvalue weighted by molar-refractivity contribution is 0.0670. The fourth-order valence-corrected chi connectivity index (χ4v) is 3.78. The van der Waals surface area contributed by atoms with Crippen molar-refractivity contribution >= 4 is 11.9 Å². The Bertz CT molecular complexity index is 856. The van der Waals surface area contributed by atoms with Gasteiger partial charge in [-0.1, -0.05) is 12.1 Å². The Morgan fingerprint density at radius 3 is 2.41 bits per heavy atom. The van der Waals surface area contributed by atoms with Gasteiger partial charge in [-0.15, -0.1) is 0 Å². The van der Waals surface area contributed by atoms with Crippen LogP contribution in [-0.4, -0.2) is 46.6 Å². The summed E-state index contributed by atoms with van der Waals surface area (Å²) in [5, 5.41) is 9.10. The molecule has 1 fully saturated rings. The van der Waals surface area contributed by atoms with Crippen molar-refractivity contribution in [1.29, 1.82) is 0 Å². The minimum Gasteiger partial charge on any atom is -0.494 e. The number of ether oxygens (including phenoxy) is 1. The third-order valence-corrected chi connectivity index (χ3v) is 5.51. The van der Waals surface area contributed by atoms with Gasteiger partial charge < -0.3 is 14.7 Å². The highest BCUT2D eigenvalue weighted by atomic mass is 16.5. The van der Waals surface area contributed by atoms with E-state index in [1.165, 1.54) is 17.7 Å². The molecule has 3 rings (SSSR count). The van der Waals surface area contributed by atoms with Crippen molar-refractivity contribution in [1.82, 2.24) is 9.88 Å². The Labute approximate surface area is 171 Å². The maximum absolute atomic E-state index is 12.7. The van der Waals surface area contributed by atoms with Crippen LogP contribution in [-0.2, 0) is 6.42 Å². The molecule has 0 unspecified atom stereocenters. The summed E-state index contributed by atoms with van der Waals surface area (Å²) in [5.74, 6) is 0.371. The predicted molar refractivity (Wildman–Crippen MR) is 110 cm³/mol. The van der Waals surface area contributed by atoms with Gasteiger partial charge in [-0.05, 0) is 75.3 Å². The van der Waals surface area contributed by atoms with Crippen molar-refractivity contribution in [2.75, 3.05) is 19.7 Å². The lowest BCUT2D eigenvalue weighted by Gasteiger charge is -2.32. The van der Waals surface area contributed by atoms with Crippen molar-refractivity contribution in [3.63, 3.8) is 0 Å². The molecular formula is C23H28N2O4. The number of rotatable bonds is 7. The van der Waals surface area contributed by atoms with Gasteiger partial charge in [-0.3, -0.25) is 4.79 Å². The summed E-state index contributed by atoms with van der Waals surface area (Å²) in [4.78, 5) is 29.8. The lowest BCUT2D eigenvalue weighted by atomic mass is 9.90. The predicted octanol–water partition coefficient (Wildman–Crippen LogP) is 3.97. The van der Waals surface area contributed by atoms with Crippen LogP contribution in [0.25, 0.3) is 0 Å². The second kappa shape index (κ2) is 9.54. The molecular weight excluding hydrogens is 368 g/mol. The fraction of sp³-hybridized carbons (Fsp3) is 0.435. The maximum Gasteiger partial charge on any atom is 0.337 e. The molecule has 2 aromatic rings. The monoisotopic (exact) mass is 396 g/mol. The van der Waals surface area contributed by atoms with E-state index in [1.54, 1.807) is 6.92 Å². The number of carboxylic acid groups (broad SMARTS) is 1. The Kier molecular flexibility index (Phi) is 6.86. The van der Waals surface area contributed by atoms with Crippen LogP contribution in [0.5, 0.6) is 5.75 Å². The first-order valence-corrected chi connectivity index (χ1v) is 10.2. The average molecular weight is 396 g/mol. The largest absolute Gasteiger partial charge is 0.494 e. The number of likely N-dealkylation sites (tertiary alicyclic amines) is 1. The van der Waals surface area contributed by atoms with E-state index in [1.807, 2.05) is 24.0 Å². The maximum atomic E-state index is 12.7. The quantitative estimate of drug-likeness (QED) is 0.766. The van der Waals surface area contributed by atoms with Gasteiger partial charge in [0.2, 0.25) is 0 Å². The van der Waals surface area contributed by atoms with Crippen LogP contribution in [0, 0.1) is 12.8 Å². The van der Waals surface area contributed by atoms with E-state index in [2.05, 4.69) is 17.1 Å². The number of nitrogens with zero attached hydrogens (tertiary/aromatic N) is 2. The molecule has 1 amide bonds. The van der Waals surface area contributed by atoms with E-state index in [0.29, 0.717) is 37.0 Å². The minimum absolute atomic E-state index is 0.116. The first-order valence-electron chi connectivity index (χ1n) is 10.2. The number of aromatic carboxylic acids is 1. The van der Waals surface area contributed by atoms with Crippen LogP contribution in [0.3, 0.4) is 0 Å². The van der Waals surface area contributed by atoms with Crippen LogP contribution in [0.15, 0.2) is 36.4 Å². The summed E-state index contributed by atoms with van der Waals surface area (Å²) in [6.07, 6.45) is 4.10. The highest BCUT2D eigenvalue weighted by Gasteiger charge is 2.25. The number of carbonyl (C=O) groups excluding carboxylic acids is 1. The molecule has 0 saturated carbocycles. The van der Waals surface area contributed by atoms with Crippen LogP contribution < -0.4 is 4.74 Å². The van der Waals surface area contributed by atoms with Crippen LogP contribution >= 0.6 is 0 Å². The molecule has 0 bridgehead atoms. The number of piperidine rings is 1. The molecule has 0 spiro atoms. The van der Waals surface area contributed by atoms with E-state index >= 15 is 0 Å². The molecule has 6 heteroatoms. The molecule has 0 aliphatic carbocycles. The minimum atomic E-state index is -1.03. The molecule has 29 heavy (non-hydrogen) atoms. The first kappa shape index (κ1) is 20.8. The summed E-state index contributed by atoms with van der Waals surface area (Å²) in [7, 11) is 0. The number of aromatic nitrogens is 1. The molecule has 1 aliphatic heterocycles. The topological polar surface area (TPSA) is 79.7 Å². The first-order chi connectivity index (χ1) is 14.0. The van der Waals surface area contributed by atoms with Crippen LogP contribution in [0.4, 0.5) is 0 Å². The van der Waals surface area contributed by atoms with Gasteiger partial charge >= 0.3 is 5.97 Å². The molecule has 1 aromatic heterocycles. The van der Waals surface area contributed by atoms with Crippen molar-refractivity contribution < 1.29 is 19.4 Å². The molecule has 0 radical (unpaired) electrons. The van der Waals surface area contributed by atoms with Gasteiger partial charge in [0, 0.05) is 13.1 Å². The summed E-state index contributed by atoms with van der Waals surface area (Å²) < 4.78 is 5.48. The highest BCUT2D eigenvalue weighted by Crippen LogP contribution is 2.24. The molecule has 1 saturated heterocycles. The number of benzene rings is 1. The zero-order valence-corrected chi connectivity index (χ0v) is 17.1. The van der Waals surface area contributed by atoms with Crippen molar-refractivity contribution in [3.8, 4) is 5.75 Å². The molecule has 0 atom stereocenters. The third-order valence-electron chi connectivity index (χ3n) is 5.51. The number of carboxylic acids is 1. The number of aryl methyl sites for hydroxylation is 2. The second-order valence-electron chi connectivity index (χ2n) is 7.49. The Morgan fingerprint density at radius 2 is 1.83 bits per heavy atom. The van der Waals surface area contributed by atoms with Gasteiger partial charge in [0.15, 0.2) is 0 Å². The molecule has 6 nitrogen and oxygen atoms in total. The Balaban J connectivity index is 1.49. The van der Waals surface area contributed by atoms with Crippen molar-refractivity contribution in [3.05, 3.63) is 58.9 Å². The van der Waals surface area contributed by atoms with E-state index in [-0.39, 0.29) is 11.5 Å². The van der Waals surface area contributed by atoms with Gasteiger partial charge in [0.1, 0.15) is 11.4 Å². The van der Waals surface area contributed by atoms with Crippen LogP contribution in [0.1, 0.15) is 58.3 Å². The van der Waals surface area contributed by atoms with Gasteiger partial charge in [0.25, 0.3) is 5.91 Å². The molecule has 2 heterocycles.